The predicted molar refractivity (Wildman–Crippen MR) is 134 cm³/mol. The summed E-state index contributed by atoms with van der Waals surface area (Å²) >= 11 is 5.99. The Labute approximate surface area is 212 Å². The standard InChI is InChI=1S/C24H25ClN2O2.C2HF3O2/c1-16(2)26-15-20-12-18(10-11-23(20)29-3)17-6-5-9-22(14-17)27-24(28)19-7-4-8-21(25)13-19;3-2(4,5)1(6)7/h4-14,16,26H,15H2,1-3H3,(H,27,28);(H,6,7). The maximum atomic E-state index is 12.5. The molecule has 0 heterocycles. The summed E-state index contributed by atoms with van der Waals surface area (Å²) in [7, 11) is 1.68. The highest BCUT2D eigenvalue weighted by molar-refractivity contribution is 6.31. The number of ether oxygens (including phenoxy) is 1. The van der Waals surface area contributed by atoms with Crippen LogP contribution in [-0.4, -0.2) is 36.3 Å². The zero-order valence-electron chi connectivity index (χ0n) is 19.8. The smallest absolute Gasteiger partial charge is 0.490 e. The van der Waals surface area contributed by atoms with Crippen molar-refractivity contribution in [1.29, 1.82) is 0 Å². The molecule has 0 fully saturated rings. The van der Waals surface area contributed by atoms with Crippen LogP contribution in [0.3, 0.4) is 0 Å². The second-order valence-electron chi connectivity index (χ2n) is 7.91. The van der Waals surface area contributed by atoms with E-state index >= 15 is 0 Å². The van der Waals surface area contributed by atoms with Crippen LogP contribution in [0.1, 0.15) is 29.8 Å². The third-order valence-electron chi connectivity index (χ3n) is 4.76. The number of benzene rings is 3. The molecule has 0 atom stereocenters. The molecule has 6 nitrogen and oxygen atoms in total. The molecule has 0 aromatic heterocycles. The van der Waals surface area contributed by atoms with Gasteiger partial charge in [0, 0.05) is 34.4 Å². The Kier molecular flexibility index (Phi) is 10.3. The third kappa shape index (κ3) is 8.90. The van der Waals surface area contributed by atoms with E-state index in [4.69, 9.17) is 26.2 Å². The first-order valence-electron chi connectivity index (χ1n) is 10.8. The number of nitrogens with one attached hydrogen (secondary N) is 2. The van der Waals surface area contributed by atoms with E-state index in [9.17, 15) is 18.0 Å². The van der Waals surface area contributed by atoms with Gasteiger partial charge < -0.3 is 20.5 Å². The van der Waals surface area contributed by atoms with E-state index in [1.54, 1.807) is 31.4 Å². The van der Waals surface area contributed by atoms with Crippen molar-refractivity contribution >= 4 is 29.2 Å². The normalized spacial score (nSPS) is 10.9. The van der Waals surface area contributed by atoms with Gasteiger partial charge in [-0.05, 0) is 53.6 Å². The van der Waals surface area contributed by atoms with Crippen molar-refractivity contribution in [3.8, 4) is 16.9 Å². The molecule has 3 aromatic carbocycles. The molecule has 0 aliphatic carbocycles. The highest BCUT2D eigenvalue weighted by atomic mass is 35.5. The summed E-state index contributed by atoms with van der Waals surface area (Å²) in [6.07, 6.45) is -5.08. The SMILES string of the molecule is COc1ccc(-c2cccc(NC(=O)c3cccc(Cl)c3)c2)cc1CNC(C)C.O=C(O)C(F)(F)F. The molecule has 1 amide bonds. The average Bonchev–Trinajstić information content (AvgIpc) is 2.82. The summed E-state index contributed by atoms with van der Waals surface area (Å²) in [6.45, 7) is 4.95. The fourth-order valence-electron chi connectivity index (χ4n) is 3.02. The number of carboxylic acids is 1. The molecular formula is C26H26ClF3N2O4. The van der Waals surface area contributed by atoms with Crippen molar-refractivity contribution in [3.05, 3.63) is 82.9 Å². The van der Waals surface area contributed by atoms with Crippen LogP contribution < -0.4 is 15.4 Å². The Morgan fingerprint density at radius 3 is 2.22 bits per heavy atom. The van der Waals surface area contributed by atoms with E-state index < -0.39 is 12.1 Å². The maximum absolute atomic E-state index is 12.5. The number of halogens is 4. The Balaban J connectivity index is 0.000000572. The van der Waals surface area contributed by atoms with E-state index in [1.807, 2.05) is 36.4 Å². The molecule has 36 heavy (non-hydrogen) atoms. The lowest BCUT2D eigenvalue weighted by Gasteiger charge is -2.14. The molecule has 0 bridgehead atoms. The van der Waals surface area contributed by atoms with Gasteiger partial charge in [0.15, 0.2) is 0 Å². The lowest BCUT2D eigenvalue weighted by atomic mass is 10.0. The van der Waals surface area contributed by atoms with E-state index in [-0.39, 0.29) is 5.91 Å². The van der Waals surface area contributed by atoms with Crippen LogP contribution in [0.15, 0.2) is 66.7 Å². The molecule has 0 saturated carbocycles. The molecule has 192 valence electrons. The Bertz CT molecular complexity index is 1200. The van der Waals surface area contributed by atoms with Crippen LogP contribution in [0.25, 0.3) is 11.1 Å². The second kappa shape index (κ2) is 12.9. The summed E-state index contributed by atoms with van der Waals surface area (Å²) < 4.78 is 37.2. The van der Waals surface area contributed by atoms with Crippen LogP contribution >= 0.6 is 11.6 Å². The number of amides is 1. The molecule has 0 aliphatic rings. The molecular weight excluding hydrogens is 497 g/mol. The van der Waals surface area contributed by atoms with Crippen LogP contribution in [0.5, 0.6) is 5.75 Å². The van der Waals surface area contributed by atoms with Crippen molar-refractivity contribution in [2.24, 2.45) is 0 Å². The fraction of sp³-hybridized carbons (Fsp3) is 0.231. The van der Waals surface area contributed by atoms with Crippen molar-refractivity contribution in [1.82, 2.24) is 5.32 Å². The second-order valence-corrected chi connectivity index (χ2v) is 8.35. The van der Waals surface area contributed by atoms with Crippen molar-refractivity contribution in [2.75, 3.05) is 12.4 Å². The van der Waals surface area contributed by atoms with E-state index in [2.05, 4.69) is 30.5 Å². The predicted octanol–water partition coefficient (Wildman–Crippen LogP) is 6.40. The molecule has 0 unspecified atom stereocenters. The fourth-order valence-corrected chi connectivity index (χ4v) is 3.21. The largest absolute Gasteiger partial charge is 0.496 e. The summed E-state index contributed by atoms with van der Waals surface area (Å²) in [6, 6.07) is 21.2. The summed E-state index contributed by atoms with van der Waals surface area (Å²) in [5.74, 6) is -2.10. The van der Waals surface area contributed by atoms with Crippen molar-refractivity contribution < 1.29 is 32.6 Å². The first-order valence-corrected chi connectivity index (χ1v) is 11.2. The minimum Gasteiger partial charge on any atom is -0.496 e. The van der Waals surface area contributed by atoms with Gasteiger partial charge in [-0.3, -0.25) is 4.79 Å². The van der Waals surface area contributed by atoms with Gasteiger partial charge in [0.05, 0.1) is 7.11 Å². The summed E-state index contributed by atoms with van der Waals surface area (Å²) in [5, 5.41) is 14.0. The molecule has 0 saturated heterocycles. The Hall–Kier alpha value is -3.56. The number of carbonyl (C=O) groups is 2. The van der Waals surface area contributed by atoms with Crippen LogP contribution in [0.2, 0.25) is 5.02 Å². The summed E-state index contributed by atoms with van der Waals surface area (Å²) in [5.41, 5.74) is 4.42. The topological polar surface area (TPSA) is 87.7 Å². The molecule has 10 heteroatoms. The number of anilines is 1. The van der Waals surface area contributed by atoms with E-state index in [0.717, 1.165) is 34.7 Å². The van der Waals surface area contributed by atoms with Gasteiger partial charge in [-0.15, -0.1) is 0 Å². The van der Waals surface area contributed by atoms with Gasteiger partial charge in [-0.25, -0.2) is 4.79 Å². The highest BCUT2D eigenvalue weighted by Gasteiger charge is 2.38. The van der Waals surface area contributed by atoms with E-state index in [0.29, 0.717) is 16.6 Å². The number of carbonyl (C=O) groups excluding carboxylic acids is 1. The zero-order valence-corrected chi connectivity index (χ0v) is 20.6. The van der Waals surface area contributed by atoms with Gasteiger partial charge in [0.25, 0.3) is 5.91 Å². The average molecular weight is 523 g/mol. The molecule has 0 radical (unpaired) electrons. The molecule has 3 N–H and O–H groups in total. The monoisotopic (exact) mass is 522 g/mol. The third-order valence-corrected chi connectivity index (χ3v) is 5.00. The number of aliphatic carboxylic acids is 1. The van der Waals surface area contributed by atoms with Crippen LogP contribution in [0.4, 0.5) is 18.9 Å². The van der Waals surface area contributed by atoms with E-state index in [1.165, 1.54) is 0 Å². The summed E-state index contributed by atoms with van der Waals surface area (Å²) in [4.78, 5) is 21.4. The van der Waals surface area contributed by atoms with Gasteiger partial charge in [-0.2, -0.15) is 13.2 Å². The molecule has 3 rings (SSSR count). The first kappa shape index (κ1) is 28.7. The quantitative estimate of drug-likeness (QED) is 0.334. The lowest BCUT2D eigenvalue weighted by molar-refractivity contribution is -0.192. The number of hydrogen-bond acceptors (Lipinski definition) is 4. The Morgan fingerprint density at radius 2 is 1.64 bits per heavy atom. The highest BCUT2D eigenvalue weighted by Crippen LogP contribution is 2.28. The molecule has 0 aliphatic heterocycles. The lowest BCUT2D eigenvalue weighted by Crippen LogP contribution is -2.22. The molecule has 0 spiro atoms. The van der Waals surface area contributed by atoms with Gasteiger partial charge in [0.1, 0.15) is 5.75 Å². The first-order chi connectivity index (χ1) is 16.9. The molecule has 3 aromatic rings. The van der Waals surface area contributed by atoms with Crippen LogP contribution in [0, 0.1) is 0 Å². The number of methoxy groups -OCH3 is 1. The number of rotatable bonds is 7. The van der Waals surface area contributed by atoms with Gasteiger partial charge in [-0.1, -0.05) is 49.7 Å². The minimum absolute atomic E-state index is 0.193. The number of alkyl halides is 3. The van der Waals surface area contributed by atoms with Crippen LogP contribution in [-0.2, 0) is 11.3 Å². The van der Waals surface area contributed by atoms with Gasteiger partial charge in [0.2, 0.25) is 0 Å². The minimum atomic E-state index is -5.08. The number of hydrogen-bond donors (Lipinski definition) is 3. The van der Waals surface area contributed by atoms with Crippen molar-refractivity contribution in [3.63, 3.8) is 0 Å². The van der Waals surface area contributed by atoms with Crippen molar-refractivity contribution in [2.45, 2.75) is 32.6 Å². The zero-order chi connectivity index (χ0) is 26.9. The Morgan fingerprint density at radius 1 is 1.00 bits per heavy atom. The van der Waals surface area contributed by atoms with Gasteiger partial charge >= 0.3 is 12.1 Å². The number of carboxylic acid groups (broad SMARTS) is 1. The maximum Gasteiger partial charge on any atom is 0.490 e.